The van der Waals surface area contributed by atoms with Gasteiger partial charge in [0.25, 0.3) is 5.56 Å². The molecule has 144 valence electrons. The predicted molar refractivity (Wildman–Crippen MR) is 103 cm³/mol. The Morgan fingerprint density at radius 3 is 2.70 bits per heavy atom. The van der Waals surface area contributed by atoms with Crippen LogP contribution < -0.4 is 5.56 Å². The first-order valence-electron chi connectivity index (χ1n) is 9.35. The second-order valence-corrected chi connectivity index (χ2v) is 7.91. The van der Waals surface area contributed by atoms with Gasteiger partial charge in [-0.1, -0.05) is 23.9 Å². The molecule has 27 heavy (non-hydrogen) atoms. The summed E-state index contributed by atoms with van der Waals surface area (Å²) in [4.78, 5) is 32.0. The maximum absolute atomic E-state index is 13.0. The molecule has 0 bridgehead atoms. The van der Waals surface area contributed by atoms with E-state index in [2.05, 4.69) is 9.88 Å². The fourth-order valence-corrected chi connectivity index (χ4v) is 4.51. The predicted octanol–water partition coefficient (Wildman–Crippen LogP) is 1.53. The minimum atomic E-state index is -0.288. The lowest BCUT2D eigenvalue weighted by atomic mass is 10.2. The van der Waals surface area contributed by atoms with Crippen molar-refractivity contribution in [1.29, 1.82) is 0 Å². The Balaban J connectivity index is 1.57. The molecule has 0 N–H and O–H groups in total. The summed E-state index contributed by atoms with van der Waals surface area (Å²) in [5.41, 5.74) is 0.622. The van der Waals surface area contributed by atoms with Gasteiger partial charge in [0, 0.05) is 32.6 Å². The van der Waals surface area contributed by atoms with Gasteiger partial charge in [0.2, 0.25) is 0 Å². The topological polar surface area (TPSA) is 73.7 Å². The Labute approximate surface area is 161 Å². The van der Waals surface area contributed by atoms with E-state index in [1.165, 1.54) is 11.8 Å². The average molecular weight is 389 g/mol. The number of para-hydroxylation sites is 1. The van der Waals surface area contributed by atoms with E-state index in [1.54, 1.807) is 10.6 Å². The van der Waals surface area contributed by atoms with Gasteiger partial charge in [0.05, 0.1) is 30.7 Å². The zero-order valence-corrected chi connectivity index (χ0v) is 16.0. The molecule has 8 heteroatoms. The summed E-state index contributed by atoms with van der Waals surface area (Å²) < 4.78 is 12.2. The number of nitrogens with zero attached hydrogens (tertiary/aromatic N) is 3. The number of morpholine rings is 1. The molecule has 1 aromatic carbocycles. The van der Waals surface area contributed by atoms with Crippen LogP contribution >= 0.6 is 11.8 Å². The van der Waals surface area contributed by atoms with E-state index < -0.39 is 0 Å². The van der Waals surface area contributed by atoms with Gasteiger partial charge in [-0.05, 0) is 18.6 Å². The Hall–Kier alpha value is -1.90. The molecule has 2 aromatic rings. The molecule has 3 heterocycles. The Morgan fingerprint density at radius 2 is 1.93 bits per heavy atom. The lowest BCUT2D eigenvalue weighted by Gasteiger charge is -2.26. The van der Waals surface area contributed by atoms with E-state index >= 15 is 0 Å². The minimum absolute atomic E-state index is 0.0450. The third kappa shape index (κ3) is 4.17. The van der Waals surface area contributed by atoms with Gasteiger partial charge in [0.1, 0.15) is 5.25 Å². The molecule has 1 unspecified atom stereocenters. The van der Waals surface area contributed by atoms with E-state index in [-0.39, 0.29) is 16.8 Å². The lowest BCUT2D eigenvalue weighted by Crippen LogP contribution is -2.37. The highest BCUT2D eigenvalue weighted by molar-refractivity contribution is 8.00. The minimum Gasteiger partial charge on any atom is -0.465 e. The normalized spacial score (nSPS) is 20.9. The molecule has 4 rings (SSSR count). The van der Waals surface area contributed by atoms with Gasteiger partial charge in [-0.2, -0.15) is 0 Å². The number of benzene rings is 1. The van der Waals surface area contributed by atoms with Crippen molar-refractivity contribution in [3.63, 3.8) is 0 Å². The summed E-state index contributed by atoms with van der Waals surface area (Å²) in [5, 5.41) is 0.926. The number of thioether (sulfide) groups is 1. The number of ether oxygens (including phenoxy) is 2. The van der Waals surface area contributed by atoms with Crippen LogP contribution in [0.25, 0.3) is 10.9 Å². The monoisotopic (exact) mass is 389 g/mol. The van der Waals surface area contributed by atoms with Gasteiger partial charge in [-0.25, -0.2) is 4.98 Å². The Bertz CT molecular complexity index is 879. The molecule has 7 nitrogen and oxygen atoms in total. The van der Waals surface area contributed by atoms with E-state index in [0.717, 1.165) is 39.3 Å². The van der Waals surface area contributed by atoms with Gasteiger partial charge in [-0.15, -0.1) is 0 Å². The number of carbonyl (C=O) groups excluding carboxylic acids is 1. The van der Waals surface area contributed by atoms with E-state index in [0.29, 0.717) is 35.6 Å². The number of carbonyl (C=O) groups is 1. The summed E-state index contributed by atoms with van der Waals surface area (Å²) in [5.74, 6) is -0.220. The van der Waals surface area contributed by atoms with Crippen LogP contribution in [0.2, 0.25) is 0 Å². The van der Waals surface area contributed by atoms with Crippen LogP contribution in [-0.4, -0.2) is 65.1 Å². The molecule has 2 fully saturated rings. The number of hydrogen-bond acceptors (Lipinski definition) is 7. The SMILES string of the molecule is O=C1OCCC1Sc1nc2ccccc2c(=O)n1CCCN1CCOCC1. The molecule has 1 atom stereocenters. The first-order valence-corrected chi connectivity index (χ1v) is 10.2. The van der Waals surface area contributed by atoms with Crippen LogP contribution in [0.1, 0.15) is 12.8 Å². The molecule has 0 radical (unpaired) electrons. The first kappa shape index (κ1) is 18.5. The van der Waals surface area contributed by atoms with Crippen LogP contribution in [-0.2, 0) is 20.8 Å². The highest BCUT2D eigenvalue weighted by atomic mass is 32.2. The first-order chi connectivity index (χ1) is 13.2. The van der Waals surface area contributed by atoms with Crippen LogP contribution in [0.5, 0.6) is 0 Å². The number of aromatic nitrogens is 2. The Morgan fingerprint density at radius 1 is 1.11 bits per heavy atom. The standard InChI is InChI=1S/C19H23N3O4S/c23-17-14-4-1-2-5-15(14)20-19(27-16-6-11-26-18(16)24)22(17)8-3-7-21-9-12-25-13-10-21/h1-2,4-5,16H,3,6-13H2. The molecule has 0 spiro atoms. The zero-order valence-electron chi connectivity index (χ0n) is 15.1. The molecule has 0 aliphatic carbocycles. The summed E-state index contributed by atoms with van der Waals surface area (Å²) in [6.45, 7) is 5.33. The van der Waals surface area contributed by atoms with Crippen molar-refractivity contribution >= 4 is 28.6 Å². The van der Waals surface area contributed by atoms with Gasteiger partial charge in [0.15, 0.2) is 5.16 Å². The summed E-state index contributed by atoms with van der Waals surface area (Å²) in [7, 11) is 0. The van der Waals surface area contributed by atoms with Crippen molar-refractivity contribution < 1.29 is 14.3 Å². The summed E-state index contributed by atoms with van der Waals surface area (Å²) in [6.07, 6.45) is 1.50. The zero-order chi connectivity index (χ0) is 18.6. The number of hydrogen-bond donors (Lipinski definition) is 0. The van der Waals surface area contributed by atoms with Crippen molar-refractivity contribution in [2.24, 2.45) is 0 Å². The fraction of sp³-hybridized carbons (Fsp3) is 0.526. The molecular weight excluding hydrogens is 366 g/mol. The molecule has 2 aliphatic rings. The highest BCUT2D eigenvalue weighted by Gasteiger charge is 2.29. The van der Waals surface area contributed by atoms with E-state index in [9.17, 15) is 9.59 Å². The van der Waals surface area contributed by atoms with Crippen LogP contribution in [0.15, 0.2) is 34.2 Å². The molecule has 2 aliphatic heterocycles. The van der Waals surface area contributed by atoms with Gasteiger partial charge >= 0.3 is 5.97 Å². The van der Waals surface area contributed by atoms with Crippen molar-refractivity contribution in [2.75, 3.05) is 39.5 Å². The second-order valence-electron chi connectivity index (χ2n) is 6.74. The number of fused-ring (bicyclic) bond motifs is 1. The van der Waals surface area contributed by atoms with Crippen LogP contribution in [0.4, 0.5) is 0 Å². The van der Waals surface area contributed by atoms with Gasteiger partial charge in [-0.3, -0.25) is 19.1 Å². The fourth-order valence-electron chi connectivity index (χ4n) is 3.42. The molecule has 1 aromatic heterocycles. The molecule has 0 amide bonds. The lowest BCUT2D eigenvalue weighted by molar-refractivity contribution is -0.137. The Kier molecular flexibility index (Phi) is 5.75. The highest BCUT2D eigenvalue weighted by Crippen LogP contribution is 2.28. The van der Waals surface area contributed by atoms with E-state index in [4.69, 9.17) is 9.47 Å². The summed E-state index contributed by atoms with van der Waals surface area (Å²) in [6, 6.07) is 7.37. The van der Waals surface area contributed by atoms with Crippen molar-refractivity contribution in [3.05, 3.63) is 34.6 Å². The molecule has 2 saturated heterocycles. The maximum Gasteiger partial charge on any atom is 0.319 e. The van der Waals surface area contributed by atoms with Gasteiger partial charge < -0.3 is 9.47 Å². The summed E-state index contributed by atoms with van der Waals surface area (Å²) >= 11 is 1.34. The number of cyclic esters (lactones) is 1. The largest absolute Gasteiger partial charge is 0.465 e. The average Bonchev–Trinajstić information content (AvgIpc) is 3.10. The smallest absolute Gasteiger partial charge is 0.319 e. The van der Waals surface area contributed by atoms with Crippen molar-refractivity contribution in [1.82, 2.24) is 14.5 Å². The van der Waals surface area contributed by atoms with Crippen LogP contribution in [0, 0.1) is 0 Å². The quantitative estimate of drug-likeness (QED) is 0.548. The molecule has 0 saturated carbocycles. The van der Waals surface area contributed by atoms with Crippen molar-refractivity contribution in [2.45, 2.75) is 29.8 Å². The number of esters is 1. The molecular formula is C19H23N3O4S. The second kappa shape index (κ2) is 8.41. The number of rotatable bonds is 6. The van der Waals surface area contributed by atoms with Crippen molar-refractivity contribution in [3.8, 4) is 0 Å². The van der Waals surface area contributed by atoms with E-state index in [1.807, 2.05) is 18.2 Å². The van der Waals surface area contributed by atoms with Crippen LogP contribution in [0.3, 0.4) is 0 Å². The third-order valence-electron chi connectivity index (χ3n) is 4.92. The maximum atomic E-state index is 13.0. The third-order valence-corrected chi connectivity index (χ3v) is 6.16.